The molecular weight excluding hydrogens is 152 g/mol. The number of carbonyl (C=O) groups excluding carboxylic acids is 1. The molecule has 0 bridgehead atoms. The number of hydrogen-bond donors (Lipinski definition) is 1. The smallest absolute Gasteiger partial charge is 0.250 e. The first-order valence-corrected chi connectivity index (χ1v) is 3.82. The number of amides is 1. The van der Waals surface area contributed by atoms with E-state index >= 15 is 0 Å². The second kappa shape index (κ2) is 5.55. The van der Waals surface area contributed by atoms with E-state index in [2.05, 4.69) is 18.5 Å². The molecule has 0 rings (SSSR count). The molecule has 0 aromatic rings. The van der Waals surface area contributed by atoms with Gasteiger partial charge < -0.3 is 10.2 Å². The van der Waals surface area contributed by atoms with Gasteiger partial charge in [-0.05, 0) is 14.1 Å². The van der Waals surface area contributed by atoms with E-state index in [4.69, 9.17) is 0 Å². The van der Waals surface area contributed by atoms with E-state index in [1.807, 2.05) is 19.0 Å². The monoisotopic (exact) mass is 168 g/mol. The van der Waals surface area contributed by atoms with Crippen molar-refractivity contribution in [3.05, 3.63) is 24.8 Å². The Morgan fingerprint density at radius 2 is 2.17 bits per heavy atom. The maximum Gasteiger partial charge on any atom is 0.250 e. The second-order valence-corrected chi connectivity index (χ2v) is 2.79. The van der Waals surface area contributed by atoms with E-state index < -0.39 is 0 Å². The Hall–Kier alpha value is -1.09. The van der Waals surface area contributed by atoms with Gasteiger partial charge in [0.25, 0.3) is 5.91 Å². The lowest BCUT2D eigenvalue weighted by Crippen LogP contribution is -2.31. The highest BCUT2D eigenvalue weighted by Gasteiger charge is 2.00. The van der Waals surface area contributed by atoms with Crippen molar-refractivity contribution >= 4 is 5.91 Å². The molecule has 1 N–H and O–H groups in total. The van der Waals surface area contributed by atoms with Crippen molar-refractivity contribution in [2.24, 2.45) is 0 Å². The van der Waals surface area contributed by atoms with Crippen molar-refractivity contribution in [2.45, 2.75) is 0 Å². The van der Waals surface area contributed by atoms with E-state index in [0.29, 0.717) is 12.1 Å². The number of nitrogens with one attached hydrogen (secondary N) is 1. The van der Waals surface area contributed by atoms with Crippen molar-refractivity contribution in [1.29, 1.82) is 0 Å². The normalized spacial score (nSPS) is 9.58. The number of rotatable bonds is 5. The molecule has 68 valence electrons. The number of carbonyl (C=O) groups is 1. The van der Waals surface area contributed by atoms with Crippen molar-refractivity contribution < 1.29 is 4.79 Å². The van der Waals surface area contributed by atoms with Crippen molar-refractivity contribution in [2.75, 3.05) is 27.2 Å². The predicted octanol–water partition coefficient (Wildman–Crippen LogP) is 0.406. The minimum Gasteiger partial charge on any atom is -0.351 e. The van der Waals surface area contributed by atoms with Crippen LogP contribution in [0.5, 0.6) is 0 Å². The first-order chi connectivity index (χ1) is 5.57. The third-order valence-electron chi connectivity index (χ3n) is 1.38. The fourth-order valence-corrected chi connectivity index (χ4v) is 0.599. The van der Waals surface area contributed by atoms with E-state index in [9.17, 15) is 4.79 Å². The molecule has 0 aromatic heterocycles. The average Bonchev–Trinajstić information content (AvgIpc) is 2.02. The minimum atomic E-state index is -0.146. The number of hydrogen-bond acceptors (Lipinski definition) is 2. The number of nitrogens with zero attached hydrogens (tertiary/aromatic N) is 1. The summed E-state index contributed by atoms with van der Waals surface area (Å²) in [5.41, 5.74) is 0.411. The van der Waals surface area contributed by atoms with Crippen LogP contribution in [0.1, 0.15) is 0 Å². The first kappa shape index (κ1) is 10.9. The highest BCUT2D eigenvalue weighted by Crippen LogP contribution is 1.88. The quantitative estimate of drug-likeness (QED) is 0.476. The van der Waals surface area contributed by atoms with Gasteiger partial charge in [0, 0.05) is 18.7 Å². The topological polar surface area (TPSA) is 32.3 Å². The van der Waals surface area contributed by atoms with Crippen LogP contribution in [0, 0.1) is 0 Å². The van der Waals surface area contributed by atoms with Crippen molar-refractivity contribution in [3.8, 4) is 0 Å². The first-order valence-electron chi connectivity index (χ1n) is 3.82. The maximum absolute atomic E-state index is 11.1. The van der Waals surface area contributed by atoms with Crippen LogP contribution < -0.4 is 5.32 Å². The zero-order valence-electron chi connectivity index (χ0n) is 7.76. The van der Waals surface area contributed by atoms with Crippen molar-refractivity contribution in [3.63, 3.8) is 0 Å². The van der Waals surface area contributed by atoms with E-state index in [1.165, 1.54) is 6.08 Å². The summed E-state index contributed by atoms with van der Waals surface area (Å²) in [4.78, 5) is 13.1. The summed E-state index contributed by atoms with van der Waals surface area (Å²) in [6.45, 7) is 8.45. The van der Waals surface area contributed by atoms with Gasteiger partial charge in [-0.25, -0.2) is 0 Å². The van der Waals surface area contributed by atoms with Gasteiger partial charge in [0.05, 0.1) is 0 Å². The Balaban J connectivity index is 3.58. The Labute approximate surface area is 73.8 Å². The van der Waals surface area contributed by atoms with Gasteiger partial charge in [-0.1, -0.05) is 19.2 Å². The molecule has 0 aliphatic carbocycles. The molecule has 0 fully saturated rings. The van der Waals surface area contributed by atoms with Crippen LogP contribution in [-0.4, -0.2) is 38.0 Å². The molecule has 0 aliphatic rings. The van der Waals surface area contributed by atoms with Gasteiger partial charge in [-0.3, -0.25) is 4.79 Å². The standard InChI is InChI=1S/C9H16N2O/c1-5-8(2)9(12)10-6-7-11(3)4/h5H,1-2,6-7H2,3-4H3,(H,10,12). The van der Waals surface area contributed by atoms with Gasteiger partial charge in [-0.2, -0.15) is 0 Å². The summed E-state index contributed by atoms with van der Waals surface area (Å²) in [5.74, 6) is -0.146. The van der Waals surface area contributed by atoms with E-state index in [-0.39, 0.29) is 5.91 Å². The van der Waals surface area contributed by atoms with Crippen LogP contribution >= 0.6 is 0 Å². The molecule has 0 heterocycles. The molecule has 1 amide bonds. The molecule has 0 unspecified atom stereocenters. The lowest BCUT2D eigenvalue weighted by molar-refractivity contribution is -0.117. The summed E-state index contributed by atoms with van der Waals surface area (Å²) in [6, 6.07) is 0. The fourth-order valence-electron chi connectivity index (χ4n) is 0.599. The summed E-state index contributed by atoms with van der Waals surface area (Å²) in [6.07, 6.45) is 1.45. The summed E-state index contributed by atoms with van der Waals surface area (Å²) in [7, 11) is 3.91. The Kier molecular flexibility index (Phi) is 5.04. The predicted molar refractivity (Wildman–Crippen MR) is 50.9 cm³/mol. The molecule has 0 spiro atoms. The van der Waals surface area contributed by atoms with E-state index in [0.717, 1.165) is 6.54 Å². The van der Waals surface area contributed by atoms with Crippen LogP contribution in [0.25, 0.3) is 0 Å². The average molecular weight is 168 g/mol. The number of likely N-dealkylation sites (N-methyl/N-ethyl adjacent to an activating group) is 1. The van der Waals surface area contributed by atoms with Gasteiger partial charge in [0.1, 0.15) is 0 Å². The van der Waals surface area contributed by atoms with Gasteiger partial charge in [0.15, 0.2) is 0 Å². The summed E-state index contributed by atoms with van der Waals surface area (Å²) < 4.78 is 0. The third-order valence-corrected chi connectivity index (χ3v) is 1.38. The van der Waals surface area contributed by atoms with Crippen molar-refractivity contribution in [1.82, 2.24) is 10.2 Å². The second-order valence-electron chi connectivity index (χ2n) is 2.79. The Bertz CT molecular complexity index is 185. The molecule has 0 saturated heterocycles. The van der Waals surface area contributed by atoms with Gasteiger partial charge in [0.2, 0.25) is 0 Å². The van der Waals surface area contributed by atoms with Crippen LogP contribution in [0.2, 0.25) is 0 Å². The summed E-state index contributed by atoms with van der Waals surface area (Å²) in [5, 5.41) is 2.71. The summed E-state index contributed by atoms with van der Waals surface area (Å²) >= 11 is 0. The largest absolute Gasteiger partial charge is 0.351 e. The van der Waals surface area contributed by atoms with Crippen LogP contribution in [-0.2, 0) is 4.79 Å². The lowest BCUT2D eigenvalue weighted by Gasteiger charge is -2.09. The highest BCUT2D eigenvalue weighted by atomic mass is 16.1. The zero-order chi connectivity index (χ0) is 9.56. The van der Waals surface area contributed by atoms with Crippen LogP contribution in [0.15, 0.2) is 24.8 Å². The zero-order valence-corrected chi connectivity index (χ0v) is 7.76. The molecule has 0 saturated carbocycles. The highest BCUT2D eigenvalue weighted by molar-refractivity contribution is 5.95. The molecular formula is C9H16N2O. The van der Waals surface area contributed by atoms with Gasteiger partial charge >= 0.3 is 0 Å². The Morgan fingerprint density at radius 1 is 1.58 bits per heavy atom. The molecule has 3 nitrogen and oxygen atoms in total. The third kappa shape index (κ3) is 4.68. The van der Waals surface area contributed by atoms with Crippen LogP contribution in [0.3, 0.4) is 0 Å². The van der Waals surface area contributed by atoms with E-state index in [1.54, 1.807) is 0 Å². The molecule has 0 atom stereocenters. The van der Waals surface area contributed by atoms with Crippen LogP contribution in [0.4, 0.5) is 0 Å². The Morgan fingerprint density at radius 3 is 2.58 bits per heavy atom. The molecule has 3 heteroatoms. The molecule has 0 radical (unpaired) electrons. The fraction of sp³-hybridized carbons (Fsp3) is 0.444. The lowest BCUT2D eigenvalue weighted by atomic mass is 10.3. The molecule has 0 aliphatic heterocycles. The molecule has 12 heavy (non-hydrogen) atoms. The maximum atomic E-state index is 11.1. The van der Waals surface area contributed by atoms with Gasteiger partial charge in [-0.15, -0.1) is 0 Å². The minimum absolute atomic E-state index is 0.146. The molecule has 0 aromatic carbocycles. The SMILES string of the molecule is C=CC(=C)C(=O)NCCN(C)C.